The smallest absolute Gasteiger partial charge is 0.232 e. The fourth-order valence-corrected chi connectivity index (χ4v) is 1.94. The molecular weight excluding hydrogens is 214 g/mol. The third-order valence-electron chi connectivity index (χ3n) is 2.12. The van der Waals surface area contributed by atoms with Gasteiger partial charge in [-0.25, -0.2) is 8.42 Å². The van der Waals surface area contributed by atoms with E-state index in [1.165, 1.54) is 0 Å². The van der Waals surface area contributed by atoms with Crippen LogP contribution in [0.15, 0.2) is 24.4 Å². The summed E-state index contributed by atoms with van der Waals surface area (Å²) < 4.78 is 25.3. The van der Waals surface area contributed by atoms with E-state index in [-0.39, 0.29) is 5.75 Å². The Morgan fingerprint density at radius 3 is 3.00 bits per heavy atom. The van der Waals surface area contributed by atoms with E-state index in [2.05, 4.69) is 14.9 Å². The molecule has 1 aromatic heterocycles. The Kier molecular flexibility index (Phi) is 2.36. The first kappa shape index (κ1) is 9.97. The minimum Gasteiger partial charge on any atom is -0.281 e. The first-order chi connectivity index (χ1) is 7.12. The van der Waals surface area contributed by atoms with Crippen LogP contribution in [-0.4, -0.2) is 24.4 Å². The zero-order valence-corrected chi connectivity index (χ0v) is 9.00. The number of fused-ring (bicyclic) bond motifs is 1. The number of hydrogen-bond acceptors (Lipinski definition) is 3. The summed E-state index contributed by atoms with van der Waals surface area (Å²) in [5, 5.41) is 7.50. The molecule has 5 nitrogen and oxygen atoms in total. The molecule has 0 saturated heterocycles. The summed E-state index contributed by atoms with van der Waals surface area (Å²) >= 11 is 0. The molecule has 0 aliphatic rings. The van der Waals surface area contributed by atoms with Crippen molar-refractivity contribution < 1.29 is 8.42 Å². The van der Waals surface area contributed by atoms with Crippen molar-refractivity contribution in [3.05, 3.63) is 24.4 Å². The van der Waals surface area contributed by atoms with Crippen LogP contribution >= 0.6 is 0 Å². The van der Waals surface area contributed by atoms with Gasteiger partial charge in [0.2, 0.25) is 10.0 Å². The lowest BCUT2D eigenvalue weighted by molar-refractivity contribution is 0.602. The third-order valence-corrected chi connectivity index (χ3v) is 3.41. The van der Waals surface area contributed by atoms with Crippen molar-refractivity contribution in [3.8, 4) is 0 Å². The first-order valence-corrected chi connectivity index (χ1v) is 6.20. The summed E-state index contributed by atoms with van der Waals surface area (Å²) in [4.78, 5) is 0. The maximum Gasteiger partial charge on any atom is 0.232 e. The Morgan fingerprint density at radius 2 is 2.27 bits per heavy atom. The quantitative estimate of drug-likeness (QED) is 0.827. The summed E-state index contributed by atoms with van der Waals surface area (Å²) in [6.07, 6.45) is 1.65. The molecule has 0 saturated carbocycles. The average molecular weight is 225 g/mol. The highest BCUT2D eigenvalue weighted by Gasteiger charge is 2.09. The number of benzene rings is 1. The first-order valence-electron chi connectivity index (χ1n) is 4.55. The second-order valence-electron chi connectivity index (χ2n) is 3.15. The molecule has 0 unspecified atom stereocenters. The second-order valence-corrected chi connectivity index (χ2v) is 5.16. The molecule has 0 spiro atoms. The lowest BCUT2D eigenvalue weighted by Gasteiger charge is -2.06. The number of anilines is 1. The van der Waals surface area contributed by atoms with Crippen LogP contribution in [0.4, 0.5) is 5.69 Å². The number of rotatable bonds is 3. The van der Waals surface area contributed by atoms with E-state index in [1.807, 2.05) is 6.07 Å². The molecule has 0 aliphatic carbocycles. The van der Waals surface area contributed by atoms with Gasteiger partial charge in [-0.2, -0.15) is 5.10 Å². The lowest BCUT2D eigenvalue weighted by atomic mass is 10.2. The minimum absolute atomic E-state index is 0.0531. The van der Waals surface area contributed by atoms with Crippen LogP contribution in [0.2, 0.25) is 0 Å². The number of sulfonamides is 1. The topological polar surface area (TPSA) is 74.8 Å². The van der Waals surface area contributed by atoms with Crippen LogP contribution in [0.3, 0.4) is 0 Å². The van der Waals surface area contributed by atoms with Crippen molar-refractivity contribution in [2.75, 3.05) is 10.5 Å². The van der Waals surface area contributed by atoms with E-state index < -0.39 is 10.0 Å². The number of para-hydroxylation sites is 1. The Morgan fingerprint density at radius 1 is 1.47 bits per heavy atom. The van der Waals surface area contributed by atoms with Crippen molar-refractivity contribution in [3.63, 3.8) is 0 Å². The highest BCUT2D eigenvalue weighted by Crippen LogP contribution is 2.21. The summed E-state index contributed by atoms with van der Waals surface area (Å²) in [5.41, 5.74) is 1.24. The van der Waals surface area contributed by atoms with E-state index >= 15 is 0 Å². The Labute approximate surface area is 87.6 Å². The molecule has 0 radical (unpaired) electrons. The predicted molar refractivity (Wildman–Crippen MR) is 59.2 cm³/mol. The zero-order valence-electron chi connectivity index (χ0n) is 8.19. The van der Waals surface area contributed by atoms with Crippen molar-refractivity contribution in [2.24, 2.45) is 0 Å². The Balaban J connectivity index is 2.48. The molecule has 0 amide bonds. The number of aromatic amines is 1. The summed E-state index contributed by atoms with van der Waals surface area (Å²) in [7, 11) is -3.24. The molecule has 2 N–H and O–H groups in total. The van der Waals surface area contributed by atoms with Gasteiger partial charge in [0.1, 0.15) is 0 Å². The molecule has 1 aromatic carbocycles. The number of nitrogens with one attached hydrogen (secondary N) is 2. The predicted octanol–water partition coefficient (Wildman–Crippen LogP) is 1.32. The van der Waals surface area contributed by atoms with Gasteiger partial charge < -0.3 is 0 Å². The van der Waals surface area contributed by atoms with Gasteiger partial charge in [-0.15, -0.1) is 0 Å². The highest BCUT2D eigenvalue weighted by molar-refractivity contribution is 7.92. The van der Waals surface area contributed by atoms with Crippen LogP contribution < -0.4 is 4.72 Å². The zero-order chi connectivity index (χ0) is 10.9. The number of hydrogen-bond donors (Lipinski definition) is 2. The van der Waals surface area contributed by atoms with E-state index in [9.17, 15) is 8.42 Å². The van der Waals surface area contributed by atoms with Crippen molar-refractivity contribution >= 4 is 26.6 Å². The Hall–Kier alpha value is -1.56. The number of H-pyrrole nitrogens is 1. The van der Waals surface area contributed by atoms with Gasteiger partial charge in [-0.05, 0) is 13.0 Å². The monoisotopic (exact) mass is 225 g/mol. The third kappa shape index (κ3) is 1.94. The van der Waals surface area contributed by atoms with Crippen LogP contribution in [0.5, 0.6) is 0 Å². The van der Waals surface area contributed by atoms with Gasteiger partial charge in [-0.1, -0.05) is 12.1 Å². The SMILES string of the molecule is CCS(=O)(=O)Nc1cccc2cn[nH]c12. The van der Waals surface area contributed by atoms with Gasteiger partial charge >= 0.3 is 0 Å². The molecule has 0 bridgehead atoms. The fraction of sp³-hybridized carbons (Fsp3) is 0.222. The molecule has 2 aromatic rings. The van der Waals surface area contributed by atoms with E-state index in [1.54, 1.807) is 25.3 Å². The lowest BCUT2D eigenvalue weighted by Crippen LogP contribution is -2.14. The van der Waals surface area contributed by atoms with E-state index in [0.29, 0.717) is 11.2 Å². The van der Waals surface area contributed by atoms with Crippen molar-refractivity contribution in [1.29, 1.82) is 0 Å². The molecule has 1 heterocycles. The maximum absolute atomic E-state index is 11.4. The largest absolute Gasteiger partial charge is 0.281 e. The van der Waals surface area contributed by atoms with Gasteiger partial charge in [-0.3, -0.25) is 9.82 Å². The average Bonchev–Trinajstić information content (AvgIpc) is 2.66. The summed E-state index contributed by atoms with van der Waals surface area (Å²) in [6, 6.07) is 5.35. The molecule has 0 atom stereocenters. The van der Waals surface area contributed by atoms with Gasteiger partial charge in [0.15, 0.2) is 0 Å². The molecule has 0 fully saturated rings. The standard InChI is InChI=1S/C9H11N3O2S/c1-2-15(13,14)12-8-5-3-4-7-6-10-11-9(7)8/h3-6,12H,2H2,1H3,(H,10,11). The molecular formula is C9H11N3O2S. The van der Waals surface area contributed by atoms with Gasteiger partial charge in [0, 0.05) is 5.39 Å². The van der Waals surface area contributed by atoms with Crippen LogP contribution in [0, 0.1) is 0 Å². The number of aromatic nitrogens is 2. The molecule has 15 heavy (non-hydrogen) atoms. The normalized spacial score (nSPS) is 11.8. The van der Waals surface area contributed by atoms with Crippen LogP contribution in [-0.2, 0) is 10.0 Å². The van der Waals surface area contributed by atoms with Gasteiger partial charge in [0.25, 0.3) is 0 Å². The summed E-state index contributed by atoms with van der Waals surface area (Å²) in [6.45, 7) is 1.59. The van der Waals surface area contributed by atoms with Crippen molar-refractivity contribution in [1.82, 2.24) is 10.2 Å². The number of nitrogens with zero attached hydrogens (tertiary/aromatic N) is 1. The molecule has 2 rings (SSSR count). The van der Waals surface area contributed by atoms with E-state index in [0.717, 1.165) is 5.39 Å². The molecule has 80 valence electrons. The minimum atomic E-state index is -3.24. The summed E-state index contributed by atoms with van der Waals surface area (Å²) in [5.74, 6) is 0.0531. The highest BCUT2D eigenvalue weighted by atomic mass is 32.2. The maximum atomic E-state index is 11.4. The van der Waals surface area contributed by atoms with Crippen molar-refractivity contribution in [2.45, 2.75) is 6.92 Å². The molecule has 0 aliphatic heterocycles. The van der Waals surface area contributed by atoms with Crippen LogP contribution in [0.25, 0.3) is 10.9 Å². The van der Waals surface area contributed by atoms with E-state index in [4.69, 9.17) is 0 Å². The fourth-order valence-electron chi connectivity index (χ4n) is 1.29. The van der Waals surface area contributed by atoms with Gasteiger partial charge in [0.05, 0.1) is 23.2 Å². The Bertz CT molecular complexity index is 574. The second kappa shape index (κ2) is 3.54. The van der Waals surface area contributed by atoms with Crippen LogP contribution in [0.1, 0.15) is 6.92 Å². The molecule has 6 heteroatoms.